The third-order valence-corrected chi connectivity index (χ3v) is 13.0. The van der Waals surface area contributed by atoms with Crippen LogP contribution in [0.5, 0.6) is 0 Å². The fourth-order valence-corrected chi connectivity index (χ4v) is 10.5. The first-order valence-electron chi connectivity index (χ1n) is 17.8. The van der Waals surface area contributed by atoms with Crippen molar-refractivity contribution in [2.45, 2.75) is 107 Å². The summed E-state index contributed by atoms with van der Waals surface area (Å²) in [7, 11) is -4.18. The number of likely N-dealkylation sites (tertiary alicyclic amines) is 1. The van der Waals surface area contributed by atoms with Crippen LogP contribution in [0.15, 0.2) is 71.6 Å². The van der Waals surface area contributed by atoms with Gasteiger partial charge in [-0.2, -0.15) is 0 Å². The number of para-hydroxylation sites is 2. The van der Waals surface area contributed by atoms with E-state index in [1.165, 1.54) is 29.8 Å². The van der Waals surface area contributed by atoms with Gasteiger partial charge in [0.15, 0.2) is 5.82 Å². The highest BCUT2D eigenvalue weighted by molar-refractivity contribution is 7.89. The highest BCUT2D eigenvalue weighted by atomic mass is 32.2. The molecule has 4 aromatic rings. The van der Waals surface area contributed by atoms with E-state index in [-0.39, 0.29) is 16.8 Å². The number of nitrogens with one attached hydrogen (secondary N) is 1. The molecule has 11 heteroatoms. The summed E-state index contributed by atoms with van der Waals surface area (Å²) < 4.78 is 61.2. The fraction of sp³-hybridized carbons (Fsp3) is 0.487. The molecule has 1 unspecified atom stereocenters. The van der Waals surface area contributed by atoms with Crippen LogP contribution < -0.4 is 4.72 Å². The summed E-state index contributed by atoms with van der Waals surface area (Å²) in [6.07, 6.45) is 6.47. The molecule has 3 atom stereocenters. The van der Waals surface area contributed by atoms with E-state index in [1.54, 1.807) is 37.8 Å². The number of aromatic nitrogens is 2. The first-order valence-corrected chi connectivity index (χ1v) is 19.3. The van der Waals surface area contributed by atoms with Crippen LogP contribution in [0, 0.1) is 18.6 Å². The van der Waals surface area contributed by atoms with Crippen molar-refractivity contribution in [3.63, 3.8) is 0 Å². The number of nitrogens with zero attached hydrogens (tertiary/aromatic N) is 4. The minimum Gasteiger partial charge on any atom is -0.338 e. The van der Waals surface area contributed by atoms with Crippen molar-refractivity contribution in [3.05, 3.63) is 95.3 Å². The minimum atomic E-state index is -4.18. The number of hydrogen-bond acceptors (Lipinski definition) is 5. The number of imidazole rings is 1. The zero-order chi connectivity index (χ0) is 35.4. The number of amides is 1. The predicted octanol–water partition coefficient (Wildman–Crippen LogP) is 7.13. The molecule has 8 nitrogen and oxygen atoms in total. The fourth-order valence-electron chi connectivity index (χ4n) is 8.94. The Morgan fingerprint density at radius 1 is 0.940 bits per heavy atom. The second-order valence-electron chi connectivity index (χ2n) is 15.6. The lowest BCUT2D eigenvalue weighted by atomic mass is 9.70. The third-order valence-electron chi connectivity index (χ3n) is 11.2. The van der Waals surface area contributed by atoms with Crippen LogP contribution >= 0.6 is 0 Å². The SMILES string of the molecule is Cc1nc2ccccc2n1C1C[C@H]2CC[C@@H](C1)N2CCC1(c2cccc(F)c2)CCN(C(=O)c2cccc(S(=O)(=O)NC(C)(C)C)c2F)CC1. The van der Waals surface area contributed by atoms with E-state index in [0.717, 1.165) is 55.6 Å². The summed E-state index contributed by atoms with van der Waals surface area (Å²) in [6, 6.07) is 20.5. The third kappa shape index (κ3) is 6.60. The quantitative estimate of drug-likeness (QED) is 0.211. The number of aryl methyl sites for hydroxylation is 1. The average molecular weight is 704 g/mol. The smallest absolute Gasteiger partial charge is 0.256 e. The van der Waals surface area contributed by atoms with Gasteiger partial charge in [0.2, 0.25) is 10.0 Å². The highest BCUT2D eigenvalue weighted by Gasteiger charge is 2.44. The number of rotatable bonds is 8. The van der Waals surface area contributed by atoms with Crippen LogP contribution in [0.4, 0.5) is 8.78 Å². The van der Waals surface area contributed by atoms with Gasteiger partial charge in [-0.3, -0.25) is 9.69 Å². The van der Waals surface area contributed by atoms with Gasteiger partial charge in [-0.15, -0.1) is 0 Å². The normalized spacial score (nSPS) is 22.7. The van der Waals surface area contributed by atoms with Crippen LogP contribution in [-0.4, -0.2) is 70.9 Å². The van der Waals surface area contributed by atoms with E-state index < -0.39 is 32.2 Å². The minimum absolute atomic E-state index is 0.264. The molecule has 3 aromatic carbocycles. The van der Waals surface area contributed by atoms with E-state index >= 15 is 4.39 Å². The van der Waals surface area contributed by atoms with Gasteiger partial charge in [0.1, 0.15) is 16.5 Å². The molecule has 0 radical (unpaired) electrons. The van der Waals surface area contributed by atoms with Crippen molar-refractivity contribution < 1.29 is 22.0 Å². The second-order valence-corrected chi connectivity index (χ2v) is 17.2. The molecule has 2 bridgehead atoms. The van der Waals surface area contributed by atoms with Crippen molar-refractivity contribution in [2.24, 2.45) is 0 Å². The first kappa shape index (κ1) is 34.8. The molecule has 1 N–H and O–H groups in total. The lowest BCUT2D eigenvalue weighted by Gasteiger charge is -2.45. The Balaban J connectivity index is 1.08. The average Bonchev–Trinajstić information content (AvgIpc) is 3.52. The van der Waals surface area contributed by atoms with Gasteiger partial charge < -0.3 is 9.47 Å². The number of carbonyl (C=O) groups is 1. The molecule has 266 valence electrons. The Kier molecular flexibility index (Phi) is 9.14. The van der Waals surface area contributed by atoms with Crippen molar-refractivity contribution in [3.8, 4) is 0 Å². The molecular weight excluding hydrogens is 657 g/mol. The van der Waals surface area contributed by atoms with Crippen molar-refractivity contribution in [2.75, 3.05) is 19.6 Å². The summed E-state index contributed by atoms with van der Waals surface area (Å²) in [5.74, 6) is -0.807. The summed E-state index contributed by atoms with van der Waals surface area (Å²) in [6.45, 7) is 8.71. The summed E-state index contributed by atoms with van der Waals surface area (Å²) in [5.41, 5.74) is 1.73. The van der Waals surface area contributed by atoms with Gasteiger partial charge in [0.05, 0.1) is 16.6 Å². The standard InChI is InChI=1S/C39H47F2N5O3S/c1-26-42-33-12-5-6-13-34(33)46(26)31-24-29-15-16-30(25-31)45(29)22-19-39(27-9-7-10-28(40)23-27)17-20-44(21-18-39)37(47)32-11-8-14-35(36(32)41)50(48,49)43-38(2,3)4/h5-14,23,29-31,43H,15-22,24-25H2,1-4H3/t29-,30+,31?. The van der Waals surface area contributed by atoms with Gasteiger partial charge in [-0.05, 0) is 127 Å². The van der Waals surface area contributed by atoms with Gasteiger partial charge in [-0.25, -0.2) is 26.9 Å². The Labute approximate surface area is 293 Å². The molecule has 3 aliphatic heterocycles. The zero-order valence-electron chi connectivity index (χ0n) is 29.3. The second kappa shape index (κ2) is 13.1. The zero-order valence-corrected chi connectivity index (χ0v) is 30.1. The predicted molar refractivity (Wildman–Crippen MR) is 191 cm³/mol. The molecule has 1 amide bonds. The molecule has 3 saturated heterocycles. The van der Waals surface area contributed by atoms with Crippen LogP contribution in [0.2, 0.25) is 0 Å². The first-order chi connectivity index (χ1) is 23.7. The maximum Gasteiger partial charge on any atom is 0.256 e. The Morgan fingerprint density at radius 2 is 1.62 bits per heavy atom. The van der Waals surface area contributed by atoms with Gasteiger partial charge in [0.25, 0.3) is 5.91 Å². The number of carbonyl (C=O) groups excluding carboxylic acids is 1. The summed E-state index contributed by atoms with van der Waals surface area (Å²) >= 11 is 0. The number of hydrogen-bond donors (Lipinski definition) is 1. The lowest BCUT2D eigenvalue weighted by Crippen LogP contribution is -2.49. The summed E-state index contributed by atoms with van der Waals surface area (Å²) in [4.78, 5) is 22.3. The molecule has 1 aromatic heterocycles. The largest absolute Gasteiger partial charge is 0.338 e. The van der Waals surface area contributed by atoms with Crippen LogP contribution in [0.1, 0.15) is 93.5 Å². The van der Waals surface area contributed by atoms with Crippen LogP contribution in [0.3, 0.4) is 0 Å². The van der Waals surface area contributed by atoms with E-state index in [2.05, 4.69) is 39.3 Å². The van der Waals surface area contributed by atoms with Gasteiger partial charge in [0, 0.05) is 36.8 Å². The van der Waals surface area contributed by atoms with E-state index in [9.17, 15) is 17.6 Å². The lowest BCUT2D eigenvalue weighted by molar-refractivity contribution is 0.0602. The molecule has 7 rings (SSSR count). The maximum atomic E-state index is 15.7. The Morgan fingerprint density at radius 3 is 2.30 bits per heavy atom. The number of piperidine rings is 2. The van der Waals surface area contributed by atoms with Crippen molar-refractivity contribution in [1.82, 2.24) is 24.1 Å². The van der Waals surface area contributed by atoms with Gasteiger partial charge >= 0.3 is 0 Å². The Bertz CT molecular complexity index is 2000. The van der Waals surface area contributed by atoms with E-state index in [0.29, 0.717) is 44.1 Å². The summed E-state index contributed by atoms with van der Waals surface area (Å²) in [5, 5.41) is 0. The Hall–Kier alpha value is -3.67. The van der Waals surface area contributed by atoms with Crippen LogP contribution in [-0.2, 0) is 15.4 Å². The van der Waals surface area contributed by atoms with Crippen molar-refractivity contribution in [1.29, 1.82) is 0 Å². The number of halogens is 2. The van der Waals surface area contributed by atoms with Crippen molar-refractivity contribution >= 4 is 27.0 Å². The molecule has 0 spiro atoms. The maximum absolute atomic E-state index is 15.7. The molecule has 3 fully saturated rings. The van der Waals surface area contributed by atoms with E-state index in [4.69, 9.17) is 4.98 Å². The molecule has 0 saturated carbocycles. The molecule has 0 aliphatic carbocycles. The number of fused-ring (bicyclic) bond motifs is 3. The number of benzene rings is 3. The van der Waals surface area contributed by atoms with E-state index in [1.807, 2.05) is 12.1 Å². The molecule has 3 aliphatic rings. The number of sulfonamides is 1. The van der Waals surface area contributed by atoms with Crippen LogP contribution in [0.25, 0.3) is 11.0 Å². The molecule has 4 heterocycles. The molecule has 50 heavy (non-hydrogen) atoms. The van der Waals surface area contributed by atoms with Gasteiger partial charge in [-0.1, -0.05) is 30.3 Å². The highest BCUT2D eigenvalue weighted by Crippen LogP contribution is 2.45. The molecular formula is C39H47F2N5O3S. The monoisotopic (exact) mass is 703 g/mol. The topological polar surface area (TPSA) is 87.5 Å².